The fourth-order valence-corrected chi connectivity index (χ4v) is 2.31. The van der Waals surface area contributed by atoms with Crippen molar-refractivity contribution in [1.82, 2.24) is 0 Å². The molecule has 122 valence electrons. The number of amides is 1. The summed E-state index contributed by atoms with van der Waals surface area (Å²) in [5.74, 6) is -0.330. The van der Waals surface area contributed by atoms with Gasteiger partial charge in [-0.2, -0.15) is 13.2 Å². The number of halogens is 3. The Morgan fingerprint density at radius 1 is 1.32 bits per heavy atom. The van der Waals surface area contributed by atoms with Crippen molar-refractivity contribution in [2.75, 3.05) is 18.5 Å². The van der Waals surface area contributed by atoms with Crippen molar-refractivity contribution in [3.63, 3.8) is 0 Å². The summed E-state index contributed by atoms with van der Waals surface area (Å²) in [7, 11) is 0. The Kier molecular flexibility index (Phi) is 5.08. The van der Waals surface area contributed by atoms with E-state index >= 15 is 0 Å². The molecule has 0 spiro atoms. The average molecular weight is 316 g/mol. The molecular formula is C15H19F3N2O2. The van der Waals surface area contributed by atoms with Gasteiger partial charge in [0.25, 0.3) is 0 Å². The maximum absolute atomic E-state index is 12.2. The van der Waals surface area contributed by atoms with Gasteiger partial charge < -0.3 is 15.8 Å². The van der Waals surface area contributed by atoms with Crippen LogP contribution in [0.1, 0.15) is 24.8 Å². The molecule has 1 aromatic carbocycles. The van der Waals surface area contributed by atoms with Gasteiger partial charge in [-0.3, -0.25) is 4.79 Å². The zero-order chi connectivity index (χ0) is 16.2. The minimum atomic E-state index is -4.19. The minimum Gasteiger partial charge on any atom is -0.381 e. The van der Waals surface area contributed by atoms with Crippen LogP contribution in [0.2, 0.25) is 0 Å². The number of hydrogen-bond acceptors (Lipinski definition) is 3. The van der Waals surface area contributed by atoms with Crippen LogP contribution in [0.5, 0.6) is 0 Å². The van der Waals surface area contributed by atoms with Crippen molar-refractivity contribution in [2.45, 2.75) is 37.4 Å². The summed E-state index contributed by atoms with van der Waals surface area (Å²) in [6.07, 6.45) is -4.35. The molecule has 0 bridgehead atoms. The Morgan fingerprint density at radius 3 is 2.64 bits per heavy atom. The Bertz CT molecular complexity index is 526. The normalized spacial score (nSPS) is 18.0. The van der Waals surface area contributed by atoms with Gasteiger partial charge >= 0.3 is 6.18 Å². The van der Waals surface area contributed by atoms with Gasteiger partial charge in [-0.15, -0.1) is 0 Å². The first-order chi connectivity index (χ1) is 10.3. The molecular weight excluding hydrogens is 297 g/mol. The van der Waals surface area contributed by atoms with Gasteiger partial charge in [0.05, 0.1) is 0 Å². The van der Waals surface area contributed by atoms with Gasteiger partial charge in [-0.1, -0.05) is 12.1 Å². The second-order valence-electron chi connectivity index (χ2n) is 5.54. The molecule has 0 unspecified atom stereocenters. The average Bonchev–Trinajstić information content (AvgIpc) is 2.46. The number of carbonyl (C=O) groups is 1. The van der Waals surface area contributed by atoms with E-state index in [1.165, 1.54) is 0 Å². The number of carbonyl (C=O) groups excluding carboxylic acids is 1. The molecule has 0 atom stereocenters. The molecule has 1 amide bonds. The lowest BCUT2D eigenvalue weighted by molar-refractivity contribution is -0.134. The molecule has 4 nitrogen and oxygen atoms in total. The standard InChI is InChI=1S/C15H19F3N2O2/c16-15(17,18)5-4-11-2-1-3-12(10-11)20-13(21)14(19)6-8-22-9-7-14/h1-3,10H,4-9,19H2,(H,20,21). The number of nitrogens with one attached hydrogen (secondary N) is 1. The van der Waals surface area contributed by atoms with Crippen LogP contribution in [-0.4, -0.2) is 30.8 Å². The Labute approximate surface area is 126 Å². The Hall–Kier alpha value is -1.60. The molecule has 0 radical (unpaired) electrons. The maximum atomic E-state index is 12.2. The molecule has 3 N–H and O–H groups in total. The summed E-state index contributed by atoms with van der Waals surface area (Å²) in [6.45, 7) is 0.852. The van der Waals surface area contributed by atoms with E-state index in [9.17, 15) is 18.0 Å². The largest absolute Gasteiger partial charge is 0.389 e. The van der Waals surface area contributed by atoms with Crippen molar-refractivity contribution in [3.05, 3.63) is 29.8 Å². The summed E-state index contributed by atoms with van der Waals surface area (Å²) in [5, 5.41) is 2.69. The van der Waals surface area contributed by atoms with E-state index in [0.29, 0.717) is 37.3 Å². The topological polar surface area (TPSA) is 64.4 Å². The lowest BCUT2D eigenvalue weighted by Crippen LogP contribution is -2.54. The van der Waals surface area contributed by atoms with E-state index in [1.807, 2.05) is 0 Å². The lowest BCUT2D eigenvalue weighted by atomic mass is 9.90. The first kappa shape index (κ1) is 16.8. The van der Waals surface area contributed by atoms with Crippen molar-refractivity contribution < 1.29 is 22.7 Å². The number of nitrogens with two attached hydrogens (primary N) is 1. The van der Waals surface area contributed by atoms with Crippen molar-refractivity contribution >= 4 is 11.6 Å². The van der Waals surface area contributed by atoms with Gasteiger partial charge in [0.15, 0.2) is 0 Å². The van der Waals surface area contributed by atoms with Crippen molar-refractivity contribution in [1.29, 1.82) is 0 Å². The molecule has 0 aliphatic carbocycles. The van der Waals surface area contributed by atoms with E-state index in [4.69, 9.17) is 10.5 Å². The van der Waals surface area contributed by atoms with Crippen LogP contribution < -0.4 is 11.1 Å². The van der Waals surface area contributed by atoms with E-state index in [0.717, 1.165) is 0 Å². The maximum Gasteiger partial charge on any atom is 0.389 e. The smallest absolute Gasteiger partial charge is 0.381 e. The lowest BCUT2D eigenvalue weighted by Gasteiger charge is -2.31. The zero-order valence-corrected chi connectivity index (χ0v) is 12.1. The SMILES string of the molecule is NC1(C(=O)Nc2cccc(CCC(F)(F)F)c2)CCOCC1. The van der Waals surface area contributed by atoms with Gasteiger partial charge in [0.1, 0.15) is 5.54 Å². The van der Waals surface area contributed by atoms with Crippen LogP contribution in [0.25, 0.3) is 0 Å². The highest BCUT2D eigenvalue weighted by atomic mass is 19.4. The molecule has 1 aliphatic heterocycles. The van der Waals surface area contributed by atoms with Crippen LogP contribution in [0.3, 0.4) is 0 Å². The predicted molar refractivity (Wildman–Crippen MR) is 76.4 cm³/mol. The third-order valence-corrected chi connectivity index (χ3v) is 3.72. The van der Waals surface area contributed by atoms with Gasteiger partial charge in [0.2, 0.25) is 5.91 Å². The Balaban J connectivity index is 1.99. The third kappa shape index (κ3) is 4.71. The molecule has 0 saturated carbocycles. The molecule has 1 heterocycles. The van der Waals surface area contributed by atoms with E-state index < -0.39 is 18.1 Å². The van der Waals surface area contributed by atoms with Crippen molar-refractivity contribution in [3.8, 4) is 0 Å². The highest BCUT2D eigenvalue weighted by Gasteiger charge is 2.36. The fourth-order valence-electron chi connectivity index (χ4n) is 2.31. The number of ether oxygens (including phenoxy) is 1. The number of rotatable bonds is 4. The number of anilines is 1. The number of benzene rings is 1. The second-order valence-corrected chi connectivity index (χ2v) is 5.54. The highest BCUT2D eigenvalue weighted by Crippen LogP contribution is 2.24. The molecule has 1 saturated heterocycles. The Morgan fingerprint density at radius 2 is 2.00 bits per heavy atom. The van der Waals surface area contributed by atoms with E-state index in [2.05, 4.69) is 5.32 Å². The van der Waals surface area contributed by atoms with Gasteiger partial charge in [-0.05, 0) is 37.0 Å². The second kappa shape index (κ2) is 6.66. The van der Waals surface area contributed by atoms with Crippen LogP contribution in [0, 0.1) is 0 Å². The third-order valence-electron chi connectivity index (χ3n) is 3.72. The monoisotopic (exact) mass is 316 g/mol. The predicted octanol–water partition coefficient (Wildman–Crippen LogP) is 2.63. The van der Waals surface area contributed by atoms with E-state index in [-0.39, 0.29) is 12.3 Å². The zero-order valence-electron chi connectivity index (χ0n) is 12.1. The van der Waals surface area contributed by atoms with E-state index in [1.54, 1.807) is 24.3 Å². The summed E-state index contributed by atoms with van der Waals surface area (Å²) in [4.78, 5) is 12.2. The first-order valence-electron chi connectivity index (χ1n) is 7.12. The molecule has 2 rings (SSSR count). The fraction of sp³-hybridized carbons (Fsp3) is 0.533. The first-order valence-corrected chi connectivity index (χ1v) is 7.12. The van der Waals surface area contributed by atoms with Crippen LogP contribution >= 0.6 is 0 Å². The number of hydrogen-bond donors (Lipinski definition) is 2. The van der Waals surface area contributed by atoms with Crippen molar-refractivity contribution in [2.24, 2.45) is 5.73 Å². The summed E-state index contributed by atoms with van der Waals surface area (Å²) in [5.41, 5.74) is 6.06. The summed E-state index contributed by atoms with van der Waals surface area (Å²) < 4.78 is 41.9. The number of alkyl halides is 3. The highest BCUT2D eigenvalue weighted by molar-refractivity contribution is 5.98. The van der Waals surface area contributed by atoms with Gasteiger partial charge in [0, 0.05) is 25.3 Å². The quantitative estimate of drug-likeness (QED) is 0.897. The summed E-state index contributed by atoms with van der Waals surface area (Å²) in [6, 6.07) is 6.41. The molecule has 7 heteroatoms. The summed E-state index contributed by atoms with van der Waals surface area (Å²) >= 11 is 0. The molecule has 0 aromatic heterocycles. The molecule has 1 aliphatic rings. The molecule has 22 heavy (non-hydrogen) atoms. The molecule has 1 aromatic rings. The minimum absolute atomic E-state index is 0.116. The van der Waals surface area contributed by atoms with Crippen LogP contribution in [-0.2, 0) is 16.0 Å². The number of aryl methyl sites for hydroxylation is 1. The molecule has 1 fully saturated rings. The van der Waals surface area contributed by atoms with Crippen LogP contribution in [0.4, 0.5) is 18.9 Å². The van der Waals surface area contributed by atoms with Crippen LogP contribution in [0.15, 0.2) is 24.3 Å². The van der Waals surface area contributed by atoms with Gasteiger partial charge in [-0.25, -0.2) is 0 Å².